The summed E-state index contributed by atoms with van der Waals surface area (Å²) in [5.41, 5.74) is 0.950. The summed E-state index contributed by atoms with van der Waals surface area (Å²) in [5, 5.41) is 6.69. The van der Waals surface area contributed by atoms with Crippen molar-refractivity contribution in [1.29, 1.82) is 0 Å². The minimum atomic E-state index is -0.214. The van der Waals surface area contributed by atoms with Crippen molar-refractivity contribution in [1.82, 2.24) is 15.5 Å². The summed E-state index contributed by atoms with van der Waals surface area (Å²) < 4.78 is 30.5. The van der Waals surface area contributed by atoms with E-state index in [1.165, 1.54) is 6.07 Å². The maximum absolute atomic E-state index is 13.9. The molecule has 1 aromatic carbocycles. The zero-order valence-corrected chi connectivity index (χ0v) is 18.7. The highest BCUT2D eigenvalue weighted by molar-refractivity contribution is 5.79. The van der Waals surface area contributed by atoms with Crippen molar-refractivity contribution in [3.8, 4) is 0 Å². The van der Waals surface area contributed by atoms with Crippen molar-refractivity contribution >= 4 is 5.96 Å². The zero-order chi connectivity index (χ0) is 21.7. The van der Waals surface area contributed by atoms with Crippen molar-refractivity contribution in [2.45, 2.75) is 25.8 Å². The molecule has 2 atom stereocenters. The number of benzene rings is 1. The van der Waals surface area contributed by atoms with E-state index in [2.05, 4.69) is 22.5 Å². The van der Waals surface area contributed by atoms with Gasteiger partial charge in [-0.05, 0) is 37.5 Å². The minimum Gasteiger partial charge on any atom is -0.381 e. The van der Waals surface area contributed by atoms with Crippen LogP contribution in [0.25, 0.3) is 0 Å². The Bertz CT molecular complexity index is 664. The molecular formula is C23H37FN4O3. The lowest BCUT2D eigenvalue weighted by Gasteiger charge is -2.34. The molecule has 0 radical (unpaired) electrons. The van der Waals surface area contributed by atoms with Crippen molar-refractivity contribution in [3.05, 3.63) is 35.6 Å². The van der Waals surface area contributed by atoms with Crippen molar-refractivity contribution in [3.63, 3.8) is 0 Å². The molecule has 31 heavy (non-hydrogen) atoms. The van der Waals surface area contributed by atoms with Crippen LogP contribution in [0.5, 0.6) is 0 Å². The lowest BCUT2D eigenvalue weighted by molar-refractivity contribution is 0.0179. The van der Waals surface area contributed by atoms with Gasteiger partial charge in [0.1, 0.15) is 5.82 Å². The van der Waals surface area contributed by atoms with E-state index in [9.17, 15) is 4.39 Å². The van der Waals surface area contributed by atoms with Crippen molar-refractivity contribution in [2.75, 3.05) is 72.4 Å². The molecular weight excluding hydrogens is 399 g/mol. The highest BCUT2D eigenvalue weighted by Crippen LogP contribution is 2.23. The first-order valence-corrected chi connectivity index (χ1v) is 11.5. The van der Waals surface area contributed by atoms with Crippen LogP contribution in [0.15, 0.2) is 29.3 Å². The Morgan fingerprint density at radius 2 is 2.13 bits per heavy atom. The van der Waals surface area contributed by atoms with Crippen LogP contribution >= 0.6 is 0 Å². The summed E-state index contributed by atoms with van der Waals surface area (Å²) in [4.78, 5) is 7.13. The molecule has 2 unspecified atom stereocenters. The Balaban J connectivity index is 1.50. The average Bonchev–Trinajstić information content (AvgIpc) is 3.30. The van der Waals surface area contributed by atoms with E-state index in [1.54, 1.807) is 12.1 Å². The maximum Gasteiger partial charge on any atom is 0.191 e. The first-order chi connectivity index (χ1) is 15.3. The average molecular weight is 437 g/mol. The van der Waals surface area contributed by atoms with E-state index in [4.69, 9.17) is 19.2 Å². The second kappa shape index (κ2) is 13.6. The molecule has 0 aromatic heterocycles. The minimum absolute atomic E-state index is 0.0204. The summed E-state index contributed by atoms with van der Waals surface area (Å²) in [5.74, 6) is 1.11. The van der Waals surface area contributed by atoms with Gasteiger partial charge in [-0.3, -0.25) is 9.89 Å². The number of aliphatic imine (C=N–C) groups is 1. The fourth-order valence-corrected chi connectivity index (χ4v) is 3.90. The summed E-state index contributed by atoms with van der Waals surface area (Å²) in [7, 11) is 0. The molecule has 0 bridgehead atoms. The second-order valence-corrected chi connectivity index (χ2v) is 8.02. The van der Waals surface area contributed by atoms with Gasteiger partial charge in [0.05, 0.1) is 39.0 Å². The molecule has 1 aromatic rings. The summed E-state index contributed by atoms with van der Waals surface area (Å²) in [6, 6.07) is 6.86. The number of halogens is 1. The van der Waals surface area contributed by atoms with Crippen LogP contribution in [-0.4, -0.2) is 83.2 Å². The molecule has 0 saturated carbocycles. The van der Waals surface area contributed by atoms with Gasteiger partial charge in [0, 0.05) is 45.3 Å². The van der Waals surface area contributed by atoms with E-state index in [-0.39, 0.29) is 11.9 Å². The lowest BCUT2D eigenvalue weighted by Crippen LogP contribution is -2.42. The predicted octanol–water partition coefficient (Wildman–Crippen LogP) is 2.20. The maximum atomic E-state index is 13.9. The second-order valence-electron chi connectivity index (χ2n) is 8.02. The van der Waals surface area contributed by atoms with Crippen LogP contribution in [-0.2, 0) is 14.2 Å². The molecule has 7 nitrogen and oxygen atoms in total. The molecule has 2 fully saturated rings. The van der Waals surface area contributed by atoms with Crippen LogP contribution in [0.1, 0.15) is 31.4 Å². The highest BCUT2D eigenvalue weighted by atomic mass is 19.1. The lowest BCUT2D eigenvalue weighted by atomic mass is 10.0. The van der Waals surface area contributed by atoms with E-state index in [0.717, 1.165) is 77.0 Å². The Morgan fingerprint density at radius 3 is 2.87 bits per heavy atom. The van der Waals surface area contributed by atoms with Gasteiger partial charge in [-0.15, -0.1) is 0 Å². The molecule has 2 heterocycles. The Hall–Kier alpha value is -1.74. The highest BCUT2D eigenvalue weighted by Gasteiger charge is 2.23. The Kier molecular flexibility index (Phi) is 10.5. The monoisotopic (exact) mass is 436 g/mol. The molecule has 3 rings (SSSR count). The largest absolute Gasteiger partial charge is 0.381 e. The summed E-state index contributed by atoms with van der Waals surface area (Å²) in [6.07, 6.45) is 2.01. The van der Waals surface area contributed by atoms with Crippen molar-refractivity contribution in [2.24, 2.45) is 10.9 Å². The van der Waals surface area contributed by atoms with Gasteiger partial charge in [0.2, 0.25) is 0 Å². The van der Waals surface area contributed by atoms with E-state index >= 15 is 0 Å². The number of morpholine rings is 1. The van der Waals surface area contributed by atoms with Gasteiger partial charge < -0.3 is 24.8 Å². The fourth-order valence-electron chi connectivity index (χ4n) is 3.90. The van der Waals surface area contributed by atoms with Gasteiger partial charge in [-0.2, -0.15) is 0 Å². The molecule has 0 amide bonds. The third-order valence-electron chi connectivity index (χ3n) is 5.62. The van der Waals surface area contributed by atoms with E-state index in [1.807, 2.05) is 6.07 Å². The molecule has 8 heteroatoms. The molecule has 2 aliphatic heterocycles. The summed E-state index contributed by atoms with van der Waals surface area (Å²) in [6.45, 7) is 10.4. The number of ether oxygens (including phenoxy) is 3. The Morgan fingerprint density at radius 1 is 1.26 bits per heavy atom. The number of guanidine groups is 1. The number of rotatable bonds is 11. The fraction of sp³-hybridized carbons (Fsp3) is 0.696. The molecule has 2 aliphatic rings. The van der Waals surface area contributed by atoms with Crippen LogP contribution < -0.4 is 10.6 Å². The molecule has 2 saturated heterocycles. The third-order valence-corrected chi connectivity index (χ3v) is 5.62. The predicted molar refractivity (Wildman–Crippen MR) is 120 cm³/mol. The van der Waals surface area contributed by atoms with Gasteiger partial charge in [0.15, 0.2) is 5.96 Å². The molecule has 0 spiro atoms. The number of nitrogens with zero attached hydrogens (tertiary/aromatic N) is 2. The zero-order valence-electron chi connectivity index (χ0n) is 18.7. The van der Waals surface area contributed by atoms with E-state index < -0.39 is 0 Å². The molecule has 174 valence electrons. The van der Waals surface area contributed by atoms with Gasteiger partial charge in [0.25, 0.3) is 0 Å². The van der Waals surface area contributed by atoms with Gasteiger partial charge >= 0.3 is 0 Å². The van der Waals surface area contributed by atoms with Crippen LogP contribution in [0.3, 0.4) is 0 Å². The van der Waals surface area contributed by atoms with Gasteiger partial charge in [-0.25, -0.2) is 4.39 Å². The normalized spacial score (nSPS) is 21.2. The standard InChI is InChI=1S/C23H37FN4O3/c1-2-25-23(26-8-4-11-30-17-19-7-12-31-18-19)27-16-22(28-9-13-29-14-10-28)20-5-3-6-21(24)15-20/h3,5-6,15,19,22H,2,4,7-14,16-18H2,1H3,(H2,25,26,27). The first-order valence-electron chi connectivity index (χ1n) is 11.5. The quantitative estimate of drug-likeness (QED) is 0.315. The number of nitrogens with one attached hydrogen (secondary N) is 2. The molecule has 0 aliphatic carbocycles. The van der Waals surface area contributed by atoms with Crippen LogP contribution in [0, 0.1) is 11.7 Å². The van der Waals surface area contributed by atoms with Crippen LogP contribution in [0.2, 0.25) is 0 Å². The number of hydrogen-bond acceptors (Lipinski definition) is 5. The smallest absolute Gasteiger partial charge is 0.191 e. The molecule has 2 N–H and O–H groups in total. The van der Waals surface area contributed by atoms with Crippen molar-refractivity contribution < 1.29 is 18.6 Å². The third kappa shape index (κ3) is 8.37. The van der Waals surface area contributed by atoms with Gasteiger partial charge in [-0.1, -0.05) is 12.1 Å². The topological polar surface area (TPSA) is 67.4 Å². The first kappa shape index (κ1) is 23.9. The Labute approximate surface area is 185 Å². The van der Waals surface area contributed by atoms with Crippen LogP contribution in [0.4, 0.5) is 4.39 Å². The SMILES string of the molecule is CCNC(=NCC(c1cccc(F)c1)N1CCOCC1)NCCCOCC1CCOC1. The number of hydrogen-bond donors (Lipinski definition) is 2. The van der Waals surface area contributed by atoms with E-state index in [0.29, 0.717) is 25.7 Å². The summed E-state index contributed by atoms with van der Waals surface area (Å²) >= 11 is 0.